The van der Waals surface area contributed by atoms with Gasteiger partial charge in [0.1, 0.15) is 12.4 Å². The summed E-state index contributed by atoms with van der Waals surface area (Å²) in [7, 11) is 2.18. The van der Waals surface area contributed by atoms with Crippen molar-refractivity contribution in [1.82, 2.24) is 4.90 Å². The minimum absolute atomic E-state index is 0.453. The number of nitrogens with two attached hydrogens (primary N) is 1. The van der Waals surface area contributed by atoms with Crippen molar-refractivity contribution in [2.75, 3.05) is 20.1 Å². The number of rotatable bonds is 5. The molecular formula is C19H24N2O. The van der Waals surface area contributed by atoms with Gasteiger partial charge in [0.2, 0.25) is 0 Å². The van der Waals surface area contributed by atoms with E-state index in [9.17, 15) is 0 Å². The molecule has 1 aliphatic rings. The van der Waals surface area contributed by atoms with E-state index in [1.807, 2.05) is 24.3 Å². The molecule has 3 heteroatoms. The van der Waals surface area contributed by atoms with E-state index in [4.69, 9.17) is 10.5 Å². The van der Waals surface area contributed by atoms with Gasteiger partial charge in [-0.3, -0.25) is 4.90 Å². The molecule has 0 bridgehead atoms. The number of ether oxygens (including phenoxy) is 1. The van der Waals surface area contributed by atoms with E-state index in [0.717, 1.165) is 25.3 Å². The van der Waals surface area contributed by atoms with Gasteiger partial charge in [-0.1, -0.05) is 42.5 Å². The molecule has 2 atom stereocenters. The zero-order valence-electron chi connectivity index (χ0n) is 13.1. The molecular weight excluding hydrogens is 272 g/mol. The zero-order chi connectivity index (χ0) is 15.4. The highest BCUT2D eigenvalue weighted by molar-refractivity contribution is 5.31. The minimum Gasteiger partial charge on any atom is -0.489 e. The van der Waals surface area contributed by atoms with Crippen LogP contribution in [0.25, 0.3) is 0 Å². The summed E-state index contributed by atoms with van der Waals surface area (Å²) in [6.07, 6.45) is 1.13. The highest BCUT2D eigenvalue weighted by Gasteiger charge is 2.29. The van der Waals surface area contributed by atoms with Crippen LogP contribution in [-0.4, -0.2) is 25.0 Å². The first-order valence-corrected chi connectivity index (χ1v) is 7.93. The lowest BCUT2D eigenvalue weighted by Crippen LogP contribution is -2.20. The molecule has 1 saturated heterocycles. The molecule has 1 heterocycles. The molecule has 0 saturated carbocycles. The lowest BCUT2D eigenvalue weighted by atomic mass is 10.00. The molecule has 2 aromatic rings. The van der Waals surface area contributed by atoms with Crippen LogP contribution in [0, 0.1) is 5.92 Å². The van der Waals surface area contributed by atoms with Crippen molar-refractivity contribution >= 4 is 0 Å². The molecule has 3 nitrogen and oxygen atoms in total. The van der Waals surface area contributed by atoms with E-state index in [1.165, 1.54) is 11.1 Å². The van der Waals surface area contributed by atoms with Gasteiger partial charge in [-0.25, -0.2) is 0 Å². The predicted octanol–water partition coefficient (Wildman–Crippen LogP) is 3.22. The predicted molar refractivity (Wildman–Crippen MR) is 89.7 cm³/mol. The SMILES string of the molecule is CN1CC(CN)CC1c1cccc(OCc2ccccc2)c1. The van der Waals surface area contributed by atoms with Crippen LogP contribution in [0.2, 0.25) is 0 Å². The third-order valence-electron chi connectivity index (χ3n) is 4.46. The number of likely N-dealkylation sites (tertiary alicyclic amines) is 1. The molecule has 22 heavy (non-hydrogen) atoms. The Labute approximate surface area is 132 Å². The molecule has 1 fully saturated rings. The van der Waals surface area contributed by atoms with E-state index < -0.39 is 0 Å². The van der Waals surface area contributed by atoms with Gasteiger partial charge in [0.15, 0.2) is 0 Å². The normalized spacial score (nSPS) is 21.9. The van der Waals surface area contributed by atoms with Crippen molar-refractivity contribution in [1.29, 1.82) is 0 Å². The summed E-state index contributed by atoms with van der Waals surface area (Å²) in [5.74, 6) is 1.54. The van der Waals surface area contributed by atoms with E-state index in [-0.39, 0.29) is 0 Å². The number of nitrogens with zero attached hydrogens (tertiary/aromatic N) is 1. The Hall–Kier alpha value is -1.84. The Kier molecular flexibility index (Phi) is 4.76. The summed E-state index contributed by atoms with van der Waals surface area (Å²) in [5.41, 5.74) is 8.34. The number of hydrogen-bond donors (Lipinski definition) is 1. The molecule has 0 aliphatic carbocycles. The van der Waals surface area contributed by atoms with Gasteiger partial charge in [-0.2, -0.15) is 0 Å². The standard InChI is InChI=1S/C19H24N2O/c1-21-13-16(12-20)10-19(21)17-8-5-9-18(11-17)22-14-15-6-3-2-4-7-15/h2-9,11,16,19H,10,12-14,20H2,1H3. The first-order chi connectivity index (χ1) is 10.8. The fraction of sp³-hybridized carbons (Fsp3) is 0.368. The largest absolute Gasteiger partial charge is 0.489 e. The van der Waals surface area contributed by atoms with Crippen molar-refractivity contribution < 1.29 is 4.74 Å². The Morgan fingerprint density at radius 3 is 2.68 bits per heavy atom. The summed E-state index contributed by atoms with van der Waals surface area (Å²) in [5, 5.41) is 0. The van der Waals surface area contributed by atoms with E-state index in [1.54, 1.807) is 0 Å². The molecule has 2 unspecified atom stereocenters. The van der Waals surface area contributed by atoms with Crippen LogP contribution in [0.5, 0.6) is 5.75 Å². The second-order valence-electron chi connectivity index (χ2n) is 6.14. The average Bonchev–Trinajstić information content (AvgIpc) is 2.95. The molecule has 1 aliphatic heterocycles. The summed E-state index contributed by atoms with van der Waals surface area (Å²) in [6.45, 7) is 2.46. The molecule has 0 aromatic heterocycles. The molecule has 116 valence electrons. The van der Waals surface area contributed by atoms with Crippen LogP contribution in [0.1, 0.15) is 23.6 Å². The van der Waals surface area contributed by atoms with Crippen molar-refractivity contribution in [3.63, 3.8) is 0 Å². The van der Waals surface area contributed by atoms with Crippen LogP contribution in [0.15, 0.2) is 54.6 Å². The molecule has 2 N–H and O–H groups in total. The van der Waals surface area contributed by atoms with Gasteiger partial charge in [0, 0.05) is 12.6 Å². The van der Waals surface area contributed by atoms with Gasteiger partial charge in [-0.15, -0.1) is 0 Å². The Balaban J connectivity index is 1.67. The average molecular weight is 296 g/mol. The Morgan fingerprint density at radius 2 is 1.95 bits per heavy atom. The van der Waals surface area contributed by atoms with Crippen molar-refractivity contribution in [3.8, 4) is 5.75 Å². The molecule has 0 spiro atoms. The maximum absolute atomic E-state index is 5.94. The lowest BCUT2D eigenvalue weighted by Gasteiger charge is -2.20. The van der Waals surface area contributed by atoms with Crippen LogP contribution in [0.3, 0.4) is 0 Å². The molecule has 2 aromatic carbocycles. The number of benzene rings is 2. The van der Waals surface area contributed by atoms with Crippen LogP contribution in [0.4, 0.5) is 0 Å². The topological polar surface area (TPSA) is 38.5 Å². The van der Waals surface area contributed by atoms with Gasteiger partial charge >= 0.3 is 0 Å². The van der Waals surface area contributed by atoms with Crippen molar-refractivity contribution in [3.05, 3.63) is 65.7 Å². The van der Waals surface area contributed by atoms with Crippen molar-refractivity contribution in [2.45, 2.75) is 19.1 Å². The summed E-state index contributed by atoms with van der Waals surface area (Å²) < 4.78 is 5.94. The summed E-state index contributed by atoms with van der Waals surface area (Å²) in [4.78, 5) is 2.40. The molecule has 3 rings (SSSR count). The Morgan fingerprint density at radius 1 is 1.14 bits per heavy atom. The van der Waals surface area contributed by atoms with Crippen LogP contribution >= 0.6 is 0 Å². The smallest absolute Gasteiger partial charge is 0.120 e. The van der Waals surface area contributed by atoms with E-state index in [0.29, 0.717) is 18.6 Å². The first kappa shape index (κ1) is 15.1. The maximum Gasteiger partial charge on any atom is 0.120 e. The van der Waals surface area contributed by atoms with Crippen LogP contribution in [-0.2, 0) is 6.61 Å². The number of hydrogen-bond acceptors (Lipinski definition) is 3. The zero-order valence-corrected chi connectivity index (χ0v) is 13.1. The summed E-state index contributed by atoms with van der Waals surface area (Å²) >= 11 is 0. The lowest BCUT2D eigenvalue weighted by molar-refractivity contribution is 0.299. The van der Waals surface area contributed by atoms with Gasteiger partial charge < -0.3 is 10.5 Å². The summed E-state index contributed by atoms with van der Waals surface area (Å²) in [6, 6.07) is 19.2. The van der Waals surface area contributed by atoms with E-state index >= 15 is 0 Å². The first-order valence-electron chi connectivity index (χ1n) is 7.93. The van der Waals surface area contributed by atoms with Gasteiger partial charge in [0.25, 0.3) is 0 Å². The second-order valence-corrected chi connectivity index (χ2v) is 6.14. The highest BCUT2D eigenvalue weighted by atomic mass is 16.5. The fourth-order valence-corrected chi connectivity index (χ4v) is 3.22. The minimum atomic E-state index is 0.453. The molecule has 0 amide bonds. The van der Waals surface area contributed by atoms with Crippen LogP contribution < -0.4 is 10.5 Å². The second kappa shape index (κ2) is 6.95. The molecule has 0 radical (unpaired) electrons. The maximum atomic E-state index is 5.94. The monoisotopic (exact) mass is 296 g/mol. The van der Waals surface area contributed by atoms with E-state index in [2.05, 4.69) is 42.3 Å². The Bertz CT molecular complexity index is 599. The highest BCUT2D eigenvalue weighted by Crippen LogP contribution is 2.34. The van der Waals surface area contributed by atoms with Gasteiger partial charge in [-0.05, 0) is 49.2 Å². The quantitative estimate of drug-likeness (QED) is 0.920. The van der Waals surface area contributed by atoms with Crippen molar-refractivity contribution in [2.24, 2.45) is 11.7 Å². The third kappa shape index (κ3) is 3.49. The fourth-order valence-electron chi connectivity index (χ4n) is 3.22. The third-order valence-corrected chi connectivity index (χ3v) is 4.46. The van der Waals surface area contributed by atoms with Gasteiger partial charge in [0.05, 0.1) is 0 Å².